The highest BCUT2D eigenvalue weighted by molar-refractivity contribution is 6.55. The highest BCUT2D eigenvalue weighted by Crippen LogP contribution is 2.40. The molecular weight excluding hydrogens is 310 g/mol. The lowest BCUT2D eigenvalue weighted by atomic mass is 9.82. The Labute approximate surface area is 143 Å². The van der Waals surface area contributed by atoms with Crippen LogP contribution in [0.2, 0.25) is 0 Å². The normalized spacial score (nSPS) is 20.0. The van der Waals surface area contributed by atoms with E-state index in [1.165, 1.54) is 0 Å². The van der Waals surface area contributed by atoms with Gasteiger partial charge in [-0.3, -0.25) is 4.68 Å². The van der Waals surface area contributed by atoms with Gasteiger partial charge in [0.15, 0.2) is 0 Å². The highest BCUT2D eigenvalue weighted by Gasteiger charge is 2.53. The quantitative estimate of drug-likeness (QED) is 0.456. The van der Waals surface area contributed by atoms with Crippen molar-refractivity contribution < 1.29 is 18.4 Å². The van der Waals surface area contributed by atoms with Gasteiger partial charge in [-0.15, -0.1) is 6.42 Å². The van der Waals surface area contributed by atoms with Crippen LogP contribution in [-0.2, 0) is 21.1 Å². The Bertz CT molecular complexity index is 645. The number of nitrogens with zero attached hydrogens (tertiary/aromatic N) is 2. The summed E-state index contributed by atoms with van der Waals surface area (Å²) in [4.78, 5) is 0. The Hall–Kier alpha value is -1.62. The van der Waals surface area contributed by atoms with Crippen LogP contribution in [0.5, 0.6) is 0 Å². The van der Waals surface area contributed by atoms with Crippen LogP contribution in [0, 0.1) is 12.3 Å². The first kappa shape index (κ1) is 18.7. The third-order valence-corrected chi connectivity index (χ3v) is 4.48. The number of hydrogen-bond donors (Lipinski definition) is 0. The second kappa shape index (κ2) is 7.10. The van der Waals surface area contributed by atoms with Crippen molar-refractivity contribution in [3.8, 4) is 12.3 Å². The Morgan fingerprint density at radius 1 is 1.38 bits per heavy atom. The van der Waals surface area contributed by atoms with Crippen LogP contribution in [0.15, 0.2) is 18.1 Å². The third kappa shape index (κ3) is 3.89. The van der Waals surface area contributed by atoms with Gasteiger partial charge in [0.1, 0.15) is 12.3 Å². The van der Waals surface area contributed by atoms with Gasteiger partial charge in [0, 0.05) is 18.8 Å². The predicted octanol–water partition coefficient (Wildman–Crippen LogP) is 2.77. The maximum atomic E-state index is 15.2. The van der Waals surface area contributed by atoms with Crippen molar-refractivity contribution in [1.29, 1.82) is 0 Å². The van der Waals surface area contributed by atoms with Crippen molar-refractivity contribution in [2.75, 3.05) is 13.2 Å². The van der Waals surface area contributed by atoms with E-state index in [0.717, 1.165) is 0 Å². The van der Waals surface area contributed by atoms with Gasteiger partial charge in [0.25, 0.3) is 0 Å². The summed E-state index contributed by atoms with van der Waals surface area (Å²) in [5, 5.41) is 4.11. The molecular formula is C17H24BFN2O3. The second-order valence-corrected chi connectivity index (χ2v) is 6.82. The van der Waals surface area contributed by atoms with Crippen LogP contribution in [0.3, 0.4) is 0 Å². The summed E-state index contributed by atoms with van der Waals surface area (Å²) in [5.74, 6) is 2.39. The zero-order chi connectivity index (χ0) is 18.0. The van der Waals surface area contributed by atoms with Crippen LogP contribution < -0.4 is 0 Å². The fraction of sp³-hybridized carbons (Fsp3) is 0.588. The summed E-state index contributed by atoms with van der Waals surface area (Å²) in [6.45, 7) is 8.06. The molecule has 130 valence electrons. The summed E-state index contributed by atoms with van der Waals surface area (Å²) in [6, 6.07) is 0. The lowest BCUT2D eigenvalue weighted by molar-refractivity contribution is 0.00578. The molecule has 0 amide bonds. The standard InChI is InChI=1S/C17H24BFN2O3/c1-7-9-22-10-8-14(13-11-20-21(6)12-13)15(19)18-23-16(2,3)17(4,5)24-18/h1,11-12H,8-10H2,2-6H3. The van der Waals surface area contributed by atoms with E-state index >= 15 is 4.39 Å². The first-order chi connectivity index (χ1) is 11.2. The van der Waals surface area contributed by atoms with Gasteiger partial charge in [-0.05, 0) is 39.7 Å². The SMILES string of the molecule is C#CCOCCC(=C(F)B1OC(C)(C)C(C)(C)O1)c1cnn(C)c1. The number of halogens is 1. The predicted molar refractivity (Wildman–Crippen MR) is 91.6 cm³/mol. The number of hydrogen-bond acceptors (Lipinski definition) is 4. The Kier molecular flexibility index (Phi) is 5.54. The van der Waals surface area contributed by atoms with E-state index in [1.807, 2.05) is 27.7 Å². The van der Waals surface area contributed by atoms with Crippen LogP contribution in [0.25, 0.3) is 5.57 Å². The molecule has 0 radical (unpaired) electrons. The van der Waals surface area contributed by atoms with E-state index in [-0.39, 0.29) is 6.61 Å². The molecule has 0 aromatic carbocycles. The average Bonchev–Trinajstić information content (AvgIpc) is 3.00. The molecule has 1 saturated heterocycles. The Morgan fingerprint density at radius 3 is 2.50 bits per heavy atom. The molecule has 2 rings (SSSR count). The monoisotopic (exact) mass is 334 g/mol. The highest BCUT2D eigenvalue weighted by atomic mass is 19.1. The van der Waals surface area contributed by atoms with Crippen molar-refractivity contribution in [3.05, 3.63) is 23.7 Å². The van der Waals surface area contributed by atoms with Crippen molar-refractivity contribution >= 4 is 12.7 Å². The lowest BCUT2D eigenvalue weighted by Gasteiger charge is -2.32. The van der Waals surface area contributed by atoms with Crippen molar-refractivity contribution in [2.45, 2.75) is 45.3 Å². The summed E-state index contributed by atoms with van der Waals surface area (Å²) >= 11 is 0. The summed E-state index contributed by atoms with van der Waals surface area (Å²) in [5.41, 5.74) is -0.525. The minimum Gasteiger partial charge on any atom is -0.398 e. The Balaban J connectivity index is 2.27. The number of aromatic nitrogens is 2. The van der Waals surface area contributed by atoms with Gasteiger partial charge in [-0.25, -0.2) is 4.39 Å². The van der Waals surface area contributed by atoms with Gasteiger partial charge in [-0.2, -0.15) is 5.10 Å². The smallest absolute Gasteiger partial charge is 0.398 e. The molecule has 1 fully saturated rings. The van der Waals surface area contributed by atoms with Gasteiger partial charge < -0.3 is 14.0 Å². The maximum Gasteiger partial charge on any atom is 0.525 e. The summed E-state index contributed by atoms with van der Waals surface area (Å²) in [6.07, 6.45) is 8.88. The fourth-order valence-electron chi connectivity index (χ4n) is 2.37. The zero-order valence-electron chi connectivity index (χ0n) is 14.9. The fourth-order valence-corrected chi connectivity index (χ4v) is 2.37. The third-order valence-electron chi connectivity index (χ3n) is 4.48. The molecule has 0 atom stereocenters. The largest absolute Gasteiger partial charge is 0.525 e. The molecule has 1 aromatic heterocycles. The van der Waals surface area contributed by atoms with Crippen LogP contribution >= 0.6 is 0 Å². The molecule has 7 heteroatoms. The first-order valence-electron chi connectivity index (χ1n) is 7.92. The van der Waals surface area contributed by atoms with E-state index in [4.69, 9.17) is 20.5 Å². The van der Waals surface area contributed by atoms with E-state index in [1.54, 1.807) is 24.1 Å². The summed E-state index contributed by atoms with van der Waals surface area (Å²) in [7, 11) is 0.737. The van der Waals surface area contributed by atoms with Crippen LogP contribution in [0.4, 0.5) is 4.39 Å². The van der Waals surface area contributed by atoms with E-state index < -0.39 is 24.0 Å². The molecule has 24 heavy (non-hydrogen) atoms. The molecule has 0 unspecified atom stereocenters. The average molecular weight is 334 g/mol. The maximum absolute atomic E-state index is 15.2. The van der Waals surface area contributed by atoms with Crippen molar-refractivity contribution in [3.63, 3.8) is 0 Å². The molecule has 1 aliphatic heterocycles. The molecule has 0 saturated carbocycles. The molecule has 5 nitrogen and oxygen atoms in total. The molecule has 2 heterocycles. The van der Waals surface area contributed by atoms with Gasteiger partial charge in [0.05, 0.1) is 24.0 Å². The number of aryl methyl sites for hydroxylation is 1. The molecule has 0 spiro atoms. The first-order valence-corrected chi connectivity index (χ1v) is 7.92. The molecule has 0 aliphatic carbocycles. The second-order valence-electron chi connectivity index (χ2n) is 6.82. The lowest BCUT2D eigenvalue weighted by Crippen LogP contribution is -2.41. The number of rotatable bonds is 6. The molecule has 0 N–H and O–H groups in total. The van der Waals surface area contributed by atoms with Crippen molar-refractivity contribution in [1.82, 2.24) is 9.78 Å². The summed E-state index contributed by atoms with van der Waals surface area (Å²) < 4.78 is 33.7. The van der Waals surface area contributed by atoms with E-state index in [2.05, 4.69) is 11.0 Å². The molecule has 1 aliphatic rings. The van der Waals surface area contributed by atoms with Crippen molar-refractivity contribution in [2.24, 2.45) is 7.05 Å². The minimum absolute atomic E-state index is 0.193. The van der Waals surface area contributed by atoms with Gasteiger partial charge in [0.2, 0.25) is 0 Å². The minimum atomic E-state index is -1.04. The van der Waals surface area contributed by atoms with Gasteiger partial charge in [-0.1, -0.05) is 5.92 Å². The number of terminal acetylenes is 1. The zero-order valence-corrected chi connectivity index (χ0v) is 14.9. The topological polar surface area (TPSA) is 45.5 Å². The molecule has 0 bridgehead atoms. The molecule has 1 aromatic rings. The van der Waals surface area contributed by atoms with Gasteiger partial charge >= 0.3 is 7.12 Å². The number of ether oxygens (including phenoxy) is 1. The van der Waals surface area contributed by atoms with E-state index in [9.17, 15) is 0 Å². The van der Waals surface area contributed by atoms with Crippen LogP contribution in [0.1, 0.15) is 39.7 Å². The van der Waals surface area contributed by atoms with E-state index in [0.29, 0.717) is 24.2 Å². The Morgan fingerprint density at radius 2 is 2.00 bits per heavy atom. The van der Waals surface area contributed by atoms with Crippen LogP contribution in [-0.4, -0.2) is 41.3 Å².